The molecule has 2 heteroatoms. The van der Waals surface area contributed by atoms with E-state index in [4.69, 9.17) is 0 Å². The summed E-state index contributed by atoms with van der Waals surface area (Å²) in [6.45, 7) is 6.65. The molecule has 0 aliphatic heterocycles. The van der Waals surface area contributed by atoms with E-state index in [1.54, 1.807) is 11.6 Å². The largest absolute Gasteiger partial charge is 0.303 e. The Balaban J connectivity index is 3.46. The van der Waals surface area contributed by atoms with Crippen LogP contribution >= 0.6 is 0 Å². The lowest BCUT2D eigenvalue weighted by Crippen LogP contribution is -1.99. The maximum Gasteiger partial charge on any atom is 0.142 e. The Morgan fingerprint density at radius 1 is 0.750 bits per heavy atom. The molecule has 0 aromatic rings. The summed E-state index contributed by atoms with van der Waals surface area (Å²) in [5.41, 5.74) is 1.56. The van der Waals surface area contributed by atoms with Crippen LogP contribution in [0.5, 0.6) is 0 Å². The first-order valence-electron chi connectivity index (χ1n) is 11.8. The zero-order valence-corrected chi connectivity index (χ0v) is 19.0. The van der Waals surface area contributed by atoms with Crippen molar-refractivity contribution in [1.29, 1.82) is 0 Å². The van der Waals surface area contributed by atoms with E-state index in [0.29, 0.717) is 0 Å². The number of unbranched alkanes of at least 4 members (excludes halogenated alkanes) is 8. The average molecular weight is 391 g/mol. The zero-order chi connectivity index (χ0) is 20.9. The molecule has 2 nitrogen and oxygen atoms in total. The number of carbonyl (C=O) groups excluding carboxylic acids is 2. The lowest BCUT2D eigenvalue weighted by molar-refractivity contribution is -0.110. The Labute approximate surface area is 175 Å². The maximum atomic E-state index is 10.6. The fourth-order valence-corrected chi connectivity index (χ4v) is 3.60. The van der Waals surface area contributed by atoms with Crippen molar-refractivity contribution in [2.24, 2.45) is 11.8 Å². The zero-order valence-electron chi connectivity index (χ0n) is 19.0. The molecule has 0 radical (unpaired) electrons. The van der Waals surface area contributed by atoms with Gasteiger partial charge in [0.25, 0.3) is 0 Å². The molecule has 0 saturated heterocycles. The quantitative estimate of drug-likeness (QED) is 0.0912. The van der Waals surface area contributed by atoms with Crippen LogP contribution in [0.1, 0.15) is 117 Å². The molecule has 0 N–H and O–H groups in total. The molecule has 0 saturated carbocycles. The topological polar surface area (TPSA) is 34.1 Å². The van der Waals surface area contributed by atoms with Gasteiger partial charge in [-0.1, -0.05) is 82.9 Å². The van der Waals surface area contributed by atoms with Crippen molar-refractivity contribution in [3.05, 3.63) is 23.8 Å². The van der Waals surface area contributed by atoms with Crippen molar-refractivity contribution in [1.82, 2.24) is 0 Å². The Bertz CT molecular complexity index is 422. The van der Waals surface area contributed by atoms with Gasteiger partial charge in [0.15, 0.2) is 0 Å². The van der Waals surface area contributed by atoms with Crippen LogP contribution in [0.25, 0.3) is 0 Å². The normalized spacial score (nSPS) is 14.3. The van der Waals surface area contributed by atoms with Crippen LogP contribution < -0.4 is 0 Å². The van der Waals surface area contributed by atoms with Gasteiger partial charge in [-0.2, -0.15) is 0 Å². The molecule has 2 atom stereocenters. The fraction of sp³-hybridized carbons (Fsp3) is 0.769. The highest BCUT2D eigenvalue weighted by molar-refractivity contribution is 5.64. The Kier molecular flexibility index (Phi) is 19.7. The summed E-state index contributed by atoms with van der Waals surface area (Å²) in [6.07, 6.45) is 26.8. The van der Waals surface area contributed by atoms with E-state index in [9.17, 15) is 9.59 Å². The Morgan fingerprint density at radius 2 is 1.39 bits per heavy atom. The van der Waals surface area contributed by atoms with Gasteiger partial charge in [-0.3, -0.25) is 4.79 Å². The van der Waals surface area contributed by atoms with Gasteiger partial charge in [0, 0.05) is 5.92 Å². The molecule has 0 amide bonds. The summed E-state index contributed by atoms with van der Waals surface area (Å²) in [6, 6.07) is 0. The standard InChI is InChI=1S/C26H46O2/c1-24(18-15-19-25(2)20-16-21-26(3)23-28)17-13-11-9-7-5-4-6-8-10-12-14-22-27/h12,14,18,22-23,25-26H,4-11,13,15-17,19-21H2,1-3H3. The van der Waals surface area contributed by atoms with Crippen molar-refractivity contribution in [2.45, 2.75) is 117 Å². The molecule has 162 valence electrons. The molecule has 0 rings (SSSR count). The first-order valence-corrected chi connectivity index (χ1v) is 11.8. The van der Waals surface area contributed by atoms with Gasteiger partial charge in [0.2, 0.25) is 0 Å². The van der Waals surface area contributed by atoms with E-state index >= 15 is 0 Å². The summed E-state index contributed by atoms with van der Waals surface area (Å²) in [7, 11) is 0. The third kappa shape index (κ3) is 19.6. The molecule has 0 aromatic carbocycles. The molecule has 2 unspecified atom stereocenters. The van der Waals surface area contributed by atoms with Crippen LogP contribution in [0.2, 0.25) is 0 Å². The number of rotatable bonds is 20. The lowest BCUT2D eigenvalue weighted by Gasteiger charge is -2.11. The second-order valence-corrected chi connectivity index (χ2v) is 8.71. The molecule has 0 aliphatic rings. The molecule has 0 spiro atoms. The molecular weight excluding hydrogens is 344 g/mol. The number of hydrogen-bond acceptors (Lipinski definition) is 2. The van der Waals surface area contributed by atoms with Crippen LogP contribution in [0.4, 0.5) is 0 Å². The SMILES string of the molecule is CC(=CCCC(C)CCCC(C)C=O)CCCCCCCCCCC=CC=O. The van der Waals surface area contributed by atoms with E-state index in [-0.39, 0.29) is 5.92 Å². The van der Waals surface area contributed by atoms with E-state index in [1.165, 1.54) is 83.5 Å². The summed E-state index contributed by atoms with van der Waals surface area (Å²) >= 11 is 0. The monoisotopic (exact) mass is 390 g/mol. The first kappa shape index (κ1) is 26.8. The second-order valence-electron chi connectivity index (χ2n) is 8.71. The van der Waals surface area contributed by atoms with Gasteiger partial charge in [-0.05, 0) is 63.9 Å². The van der Waals surface area contributed by atoms with Crippen molar-refractivity contribution in [2.75, 3.05) is 0 Å². The predicted molar refractivity (Wildman–Crippen MR) is 123 cm³/mol. The van der Waals surface area contributed by atoms with Crippen molar-refractivity contribution in [3.8, 4) is 0 Å². The predicted octanol–water partition coefficient (Wildman–Crippen LogP) is 8.01. The van der Waals surface area contributed by atoms with E-state index in [0.717, 1.165) is 31.3 Å². The highest BCUT2D eigenvalue weighted by Gasteiger charge is 2.04. The van der Waals surface area contributed by atoms with Crippen molar-refractivity contribution < 1.29 is 9.59 Å². The third-order valence-electron chi connectivity index (χ3n) is 5.65. The van der Waals surface area contributed by atoms with Gasteiger partial charge in [-0.25, -0.2) is 0 Å². The number of hydrogen-bond donors (Lipinski definition) is 0. The van der Waals surface area contributed by atoms with Gasteiger partial charge in [0.1, 0.15) is 12.6 Å². The summed E-state index contributed by atoms with van der Waals surface area (Å²) < 4.78 is 0. The minimum Gasteiger partial charge on any atom is -0.303 e. The molecule has 28 heavy (non-hydrogen) atoms. The van der Waals surface area contributed by atoms with Crippen LogP contribution in [0.3, 0.4) is 0 Å². The van der Waals surface area contributed by atoms with Crippen molar-refractivity contribution in [3.63, 3.8) is 0 Å². The molecule has 0 aliphatic carbocycles. The van der Waals surface area contributed by atoms with Gasteiger partial charge in [-0.15, -0.1) is 0 Å². The summed E-state index contributed by atoms with van der Waals surface area (Å²) in [4.78, 5) is 20.8. The molecule has 0 aromatic heterocycles. The van der Waals surface area contributed by atoms with E-state index < -0.39 is 0 Å². The summed E-state index contributed by atoms with van der Waals surface area (Å²) in [5.74, 6) is 0.995. The van der Waals surface area contributed by atoms with Crippen LogP contribution in [0, 0.1) is 11.8 Å². The first-order chi connectivity index (χ1) is 13.6. The molecule has 0 fully saturated rings. The molecule has 0 bridgehead atoms. The number of aldehydes is 2. The lowest BCUT2D eigenvalue weighted by atomic mass is 9.95. The fourth-order valence-electron chi connectivity index (χ4n) is 3.60. The average Bonchev–Trinajstić information content (AvgIpc) is 2.68. The highest BCUT2D eigenvalue weighted by Crippen LogP contribution is 2.18. The van der Waals surface area contributed by atoms with Crippen LogP contribution in [-0.2, 0) is 9.59 Å². The second kappa shape index (κ2) is 20.6. The maximum absolute atomic E-state index is 10.6. The molecular formula is C26H46O2. The minimum atomic E-state index is 0.228. The highest BCUT2D eigenvalue weighted by atomic mass is 16.1. The van der Waals surface area contributed by atoms with E-state index in [1.807, 2.05) is 13.0 Å². The number of allylic oxidation sites excluding steroid dienone is 4. The smallest absolute Gasteiger partial charge is 0.142 e. The van der Waals surface area contributed by atoms with E-state index in [2.05, 4.69) is 19.9 Å². The number of carbonyl (C=O) groups is 2. The summed E-state index contributed by atoms with van der Waals surface area (Å²) in [5, 5.41) is 0. The minimum absolute atomic E-state index is 0.228. The third-order valence-corrected chi connectivity index (χ3v) is 5.65. The van der Waals surface area contributed by atoms with Gasteiger partial charge in [0.05, 0.1) is 0 Å². The van der Waals surface area contributed by atoms with Gasteiger partial charge < -0.3 is 4.79 Å². The van der Waals surface area contributed by atoms with Gasteiger partial charge >= 0.3 is 0 Å². The Hall–Kier alpha value is -1.18. The molecule has 0 heterocycles. The Morgan fingerprint density at radius 3 is 2.04 bits per heavy atom. The van der Waals surface area contributed by atoms with Crippen LogP contribution in [0.15, 0.2) is 23.8 Å². The van der Waals surface area contributed by atoms with Crippen molar-refractivity contribution >= 4 is 12.6 Å². The van der Waals surface area contributed by atoms with Crippen LogP contribution in [-0.4, -0.2) is 12.6 Å².